The fourth-order valence-electron chi connectivity index (χ4n) is 2.32. The van der Waals surface area contributed by atoms with Gasteiger partial charge in [-0.1, -0.05) is 0 Å². The SMILES string of the molecule is COc1c(Br)cc(C)cc1C1(N=C=O)CCC1. The molecule has 1 fully saturated rings. The molecular weight excluding hydrogens is 282 g/mol. The molecule has 3 nitrogen and oxygen atoms in total. The van der Waals surface area contributed by atoms with E-state index in [1.807, 2.05) is 19.1 Å². The number of aliphatic imine (C=N–C) groups is 1. The van der Waals surface area contributed by atoms with Crippen LogP contribution in [0, 0.1) is 6.92 Å². The van der Waals surface area contributed by atoms with Crippen LogP contribution in [0.2, 0.25) is 0 Å². The summed E-state index contributed by atoms with van der Waals surface area (Å²) in [5.74, 6) is 0.773. The molecule has 0 spiro atoms. The zero-order chi connectivity index (χ0) is 12.5. The molecule has 0 amide bonds. The molecule has 0 atom stereocenters. The number of isocyanates is 1. The van der Waals surface area contributed by atoms with Crippen LogP contribution in [0.4, 0.5) is 0 Å². The predicted octanol–water partition coefficient (Wildman–Crippen LogP) is 3.48. The number of aryl methyl sites for hydroxylation is 1. The van der Waals surface area contributed by atoms with Gasteiger partial charge >= 0.3 is 0 Å². The second-order valence-corrected chi connectivity index (χ2v) is 5.27. The highest BCUT2D eigenvalue weighted by molar-refractivity contribution is 9.10. The van der Waals surface area contributed by atoms with E-state index in [0.717, 1.165) is 40.6 Å². The molecule has 1 aromatic carbocycles. The van der Waals surface area contributed by atoms with Crippen LogP contribution in [0.1, 0.15) is 30.4 Å². The van der Waals surface area contributed by atoms with Crippen molar-refractivity contribution in [3.63, 3.8) is 0 Å². The molecule has 0 heterocycles. The summed E-state index contributed by atoms with van der Waals surface area (Å²) >= 11 is 3.49. The van der Waals surface area contributed by atoms with Crippen molar-refractivity contribution < 1.29 is 9.53 Å². The van der Waals surface area contributed by atoms with Gasteiger partial charge in [-0.25, -0.2) is 4.79 Å². The van der Waals surface area contributed by atoms with Crippen molar-refractivity contribution in [3.8, 4) is 5.75 Å². The van der Waals surface area contributed by atoms with E-state index in [1.165, 1.54) is 0 Å². The first-order valence-electron chi connectivity index (χ1n) is 5.56. The fourth-order valence-corrected chi connectivity index (χ4v) is 3.06. The molecule has 0 aliphatic heterocycles. The van der Waals surface area contributed by atoms with Gasteiger partial charge in [-0.2, -0.15) is 4.99 Å². The van der Waals surface area contributed by atoms with Gasteiger partial charge < -0.3 is 4.74 Å². The molecule has 0 radical (unpaired) electrons. The van der Waals surface area contributed by atoms with Crippen LogP contribution in [-0.2, 0) is 10.3 Å². The Labute approximate surface area is 109 Å². The Hall–Kier alpha value is -1.12. The highest BCUT2D eigenvalue weighted by atomic mass is 79.9. The number of carbonyl (C=O) groups excluding carboxylic acids is 1. The van der Waals surface area contributed by atoms with Gasteiger partial charge in [0.25, 0.3) is 0 Å². The summed E-state index contributed by atoms with van der Waals surface area (Å²) < 4.78 is 6.33. The fraction of sp³-hybridized carbons (Fsp3) is 0.462. The maximum Gasteiger partial charge on any atom is 0.235 e. The van der Waals surface area contributed by atoms with E-state index in [0.29, 0.717) is 0 Å². The smallest absolute Gasteiger partial charge is 0.235 e. The lowest BCUT2D eigenvalue weighted by atomic mass is 9.72. The maximum absolute atomic E-state index is 10.6. The van der Waals surface area contributed by atoms with Gasteiger partial charge in [-0.3, -0.25) is 0 Å². The molecule has 0 unspecified atom stereocenters. The van der Waals surface area contributed by atoms with Crippen molar-refractivity contribution in [2.75, 3.05) is 7.11 Å². The van der Waals surface area contributed by atoms with E-state index in [1.54, 1.807) is 13.2 Å². The summed E-state index contributed by atoms with van der Waals surface area (Å²) in [4.78, 5) is 14.6. The summed E-state index contributed by atoms with van der Waals surface area (Å²) in [6.45, 7) is 2.02. The number of nitrogens with zero attached hydrogens (tertiary/aromatic N) is 1. The zero-order valence-corrected chi connectivity index (χ0v) is 11.5. The Morgan fingerprint density at radius 1 is 1.47 bits per heavy atom. The largest absolute Gasteiger partial charge is 0.495 e. The minimum atomic E-state index is -0.415. The molecule has 1 aromatic rings. The topological polar surface area (TPSA) is 38.7 Å². The third kappa shape index (κ3) is 2.03. The average Bonchev–Trinajstić information content (AvgIpc) is 2.22. The molecule has 0 bridgehead atoms. The maximum atomic E-state index is 10.6. The molecule has 1 aliphatic rings. The van der Waals surface area contributed by atoms with E-state index in [2.05, 4.69) is 20.9 Å². The van der Waals surface area contributed by atoms with E-state index in [4.69, 9.17) is 4.74 Å². The number of halogens is 1. The first-order valence-corrected chi connectivity index (χ1v) is 6.36. The Bertz CT molecular complexity index is 488. The minimum absolute atomic E-state index is 0.415. The van der Waals surface area contributed by atoms with E-state index in [-0.39, 0.29) is 0 Å². The lowest BCUT2D eigenvalue weighted by Gasteiger charge is -2.38. The minimum Gasteiger partial charge on any atom is -0.495 e. The third-order valence-corrected chi connectivity index (χ3v) is 3.92. The second kappa shape index (κ2) is 4.63. The predicted molar refractivity (Wildman–Crippen MR) is 69.1 cm³/mol. The summed E-state index contributed by atoms with van der Waals surface area (Å²) in [6.07, 6.45) is 4.55. The molecule has 90 valence electrons. The Morgan fingerprint density at radius 2 is 2.18 bits per heavy atom. The summed E-state index contributed by atoms with van der Waals surface area (Å²) in [6, 6.07) is 4.04. The second-order valence-electron chi connectivity index (χ2n) is 4.42. The number of benzene rings is 1. The highest BCUT2D eigenvalue weighted by Gasteiger charge is 2.41. The van der Waals surface area contributed by atoms with Gasteiger partial charge in [0, 0.05) is 5.56 Å². The van der Waals surface area contributed by atoms with Crippen molar-refractivity contribution in [1.82, 2.24) is 0 Å². The molecule has 0 saturated heterocycles. The Balaban J connectivity index is 2.60. The van der Waals surface area contributed by atoms with Crippen LogP contribution in [-0.4, -0.2) is 13.2 Å². The van der Waals surface area contributed by atoms with Gasteiger partial charge in [0.2, 0.25) is 6.08 Å². The monoisotopic (exact) mass is 295 g/mol. The number of methoxy groups -OCH3 is 1. The Morgan fingerprint density at radius 3 is 2.65 bits per heavy atom. The van der Waals surface area contributed by atoms with Gasteiger partial charge in [-0.05, 0) is 59.8 Å². The lowest BCUT2D eigenvalue weighted by Crippen LogP contribution is -2.32. The van der Waals surface area contributed by atoms with Gasteiger partial charge in [0.15, 0.2) is 0 Å². The van der Waals surface area contributed by atoms with Crippen LogP contribution >= 0.6 is 15.9 Å². The molecule has 4 heteroatoms. The highest BCUT2D eigenvalue weighted by Crippen LogP contribution is 2.49. The number of ether oxygens (including phenoxy) is 1. The van der Waals surface area contributed by atoms with Gasteiger partial charge in [-0.15, -0.1) is 0 Å². The van der Waals surface area contributed by atoms with Crippen molar-refractivity contribution in [1.29, 1.82) is 0 Å². The normalized spacial score (nSPS) is 16.9. The van der Waals surface area contributed by atoms with E-state index in [9.17, 15) is 4.79 Å². The van der Waals surface area contributed by atoms with Crippen LogP contribution in [0.3, 0.4) is 0 Å². The van der Waals surface area contributed by atoms with Gasteiger partial charge in [0.05, 0.1) is 11.6 Å². The molecule has 2 rings (SSSR count). The van der Waals surface area contributed by atoms with Crippen LogP contribution in [0.5, 0.6) is 5.75 Å². The third-order valence-electron chi connectivity index (χ3n) is 3.33. The van der Waals surface area contributed by atoms with E-state index < -0.39 is 5.54 Å². The molecule has 1 saturated carbocycles. The van der Waals surface area contributed by atoms with E-state index >= 15 is 0 Å². The average molecular weight is 296 g/mol. The van der Waals surface area contributed by atoms with Crippen molar-refractivity contribution in [3.05, 3.63) is 27.7 Å². The number of rotatable bonds is 3. The van der Waals surface area contributed by atoms with Crippen molar-refractivity contribution in [2.45, 2.75) is 31.7 Å². The molecule has 17 heavy (non-hydrogen) atoms. The van der Waals surface area contributed by atoms with Crippen molar-refractivity contribution in [2.24, 2.45) is 4.99 Å². The van der Waals surface area contributed by atoms with Crippen LogP contribution in [0.15, 0.2) is 21.6 Å². The van der Waals surface area contributed by atoms with Gasteiger partial charge in [0.1, 0.15) is 11.3 Å². The van der Waals surface area contributed by atoms with Crippen LogP contribution < -0.4 is 4.74 Å². The molecule has 0 N–H and O–H groups in total. The zero-order valence-electron chi connectivity index (χ0n) is 9.92. The standard InChI is InChI=1S/C13H14BrNO2/c1-9-6-10(12(17-2)11(14)7-9)13(15-8-16)4-3-5-13/h6-7H,3-5H2,1-2H3. The Kier molecular flexibility index (Phi) is 3.36. The first kappa shape index (κ1) is 12.3. The summed E-state index contributed by atoms with van der Waals surface area (Å²) in [7, 11) is 1.63. The first-order chi connectivity index (χ1) is 8.13. The van der Waals surface area contributed by atoms with Crippen LogP contribution in [0.25, 0.3) is 0 Å². The quantitative estimate of drug-likeness (QED) is 0.632. The molecule has 1 aliphatic carbocycles. The molecular formula is C13H14BrNO2. The summed E-state index contributed by atoms with van der Waals surface area (Å²) in [5, 5.41) is 0. The number of hydrogen-bond donors (Lipinski definition) is 0. The lowest BCUT2D eigenvalue weighted by molar-refractivity contribution is 0.245. The summed E-state index contributed by atoms with van der Waals surface area (Å²) in [5.41, 5.74) is 1.70. The number of hydrogen-bond acceptors (Lipinski definition) is 3. The van der Waals surface area contributed by atoms with Crippen molar-refractivity contribution >= 4 is 22.0 Å². The molecule has 0 aromatic heterocycles.